The zero-order valence-corrected chi connectivity index (χ0v) is 22.2. The van der Waals surface area contributed by atoms with E-state index in [-0.39, 0.29) is 17.3 Å². The SMILES string of the molecule is CCN(CC)S(=O)(=O)c1ccc(N2CCOCC2)c(NC(=O)CNCc2ccccc2)c1.O=C(O)C(=O)O. The summed E-state index contributed by atoms with van der Waals surface area (Å²) in [5.41, 5.74) is 2.37. The topological polar surface area (TPSA) is 166 Å². The number of carboxylic acid groups (broad SMARTS) is 2. The highest BCUT2D eigenvalue weighted by atomic mass is 32.2. The van der Waals surface area contributed by atoms with Crippen molar-refractivity contribution in [3.8, 4) is 0 Å². The Morgan fingerprint density at radius 2 is 1.58 bits per heavy atom. The van der Waals surface area contributed by atoms with Gasteiger partial charge in [0, 0.05) is 32.7 Å². The number of nitrogens with one attached hydrogen (secondary N) is 2. The van der Waals surface area contributed by atoms with Crippen LogP contribution in [0.25, 0.3) is 0 Å². The summed E-state index contributed by atoms with van der Waals surface area (Å²) >= 11 is 0. The maximum absolute atomic E-state index is 13.0. The average Bonchev–Trinajstić information content (AvgIpc) is 2.90. The van der Waals surface area contributed by atoms with Gasteiger partial charge in [-0.1, -0.05) is 44.2 Å². The lowest BCUT2D eigenvalue weighted by atomic mass is 10.2. The number of carbonyl (C=O) groups is 3. The van der Waals surface area contributed by atoms with E-state index in [1.807, 2.05) is 44.2 Å². The van der Waals surface area contributed by atoms with E-state index in [0.29, 0.717) is 51.6 Å². The molecule has 3 rings (SSSR count). The van der Waals surface area contributed by atoms with Crippen LogP contribution in [0.2, 0.25) is 0 Å². The molecule has 0 unspecified atom stereocenters. The molecule has 0 aliphatic carbocycles. The summed E-state index contributed by atoms with van der Waals surface area (Å²) < 4.78 is 32.9. The molecule has 0 bridgehead atoms. The van der Waals surface area contributed by atoms with Gasteiger partial charge >= 0.3 is 11.9 Å². The predicted octanol–water partition coefficient (Wildman–Crippen LogP) is 1.44. The second kappa shape index (κ2) is 15.0. The summed E-state index contributed by atoms with van der Waals surface area (Å²) in [7, 11) is -3.64. The lowest BCUT2D eigenvalue weighted by Crippen LogP contribution is -2.37. The van der Waals surface area contributed by atoms with Gasteiger partial charge in [-0.3, -0.25) is 4.79 Å². The van der Waals surface area contributed by atoms with Gasteiger partial charge in [0.2, 0.25) is 15.9 Å². The highest BCUT2D eigenvalue weighted by Crippen LogP contribution is 2.31. The first-order valence-electron chi connectivity index (χ1n) is 12.1. The second-order valence-corrected chi connectivity index (χ2v) is 10.1. The Kier molecular flexibility index (Phi) is 12.1. The van der Waals surface area contributed by atoms with Gasteiger partial charge in [-0.25, -0.2) is 18.0 Å². The molecule has 12 nitrogen and oxygen atoms in total. The first-order valence-corrected chi connectivity index (χ1v) is 13.5. The van der Waals surface area contributed by atoms with Gasteiger partial charge < -0.3 is 30.5 Å². The number of anilines is 2. The summed E-state index contributed by atoms with van der Waals surface area (Å²) in [6.45, 7) is 7.61. The molecule has 2 aromatic carbocycles. The van der Waals surface area contributed by atoms with E-state index in [4.69, 9.17) is 24.5 Å². The molecule has 2 aromatic rings. The summed E-state index contributed by atoms with van der Waals surface area (Å²) in [6, 6.07) is 14.8. The Hall–Kier alpha value is -3.52. The third-order valence-corrected chi connectivity index (χ3v) is 7.62. The molecular formula is C25H34N4O8S. The molecule has 38 heavy (non-hydrogen) atoms. The number of nitrogens with zero attached hydrogens (tertiary/aromatic N) is 2. The van der Waals surface area contributed by atoms with Crippen molar-refractivity contribution in [2.45, 2.75) is 25.3 Å². The predicted molar refractivity (Wildman–Crippen MR) is 142 cm³/mol. The number of amides is 1. The first kappa shape index (κ1) is 30.7. The first-order chi connectivity index (χ1) is 18.1. The minimum Gasteiger partial charge on any atom is -0.473 e. The van der Waals surface area contributed by atoms with Gasteiger partial charge in [0.25, 0.3) is 0 Å². The molecule has 0 radical (unpaired) electrons. The van der Waals surface area contributed by atoms with Crippen LogP contribution in [0.15, 0.2) is 53.4 Å². The van der Waals surface area contributed by atoms with E-state index in [9.17, 15) is 13.2 Å². The van der Waals surface area contributed by atoms with E-state index < -0.39 is 22.0 Å². The molecule has 208 valence electrons. The standard InChI is InChI=1S/C23H32N4O4S.C2H2O4/c1-3-27(4-2)32(29,30)20-10-11-22(26-12-14-31-15-13-26)21(16-20)25-23(28)18-24-17-19-8-6-5-7-9-19;3-1(4)2(5)6/h5-11,16,24H,3-4,12-15,17-18H2,1-2H3,(H,25,28);(H,3,4)(H,5,6). The molecular weight excluding hydrogens is 516 g/mol. The van der Waals surface area contributed by atoms with Crippen molar-refractivity contribution < 1.29 is 37.8 Å². The summed E-state index contributed by atoms with van der Waals surface area (Å²) in [5, 5.41) is 20.8. The zero-order valence-electron chi connectivity index (χ0n) is 21.4. The van der Waals surface area contributed by atoms with Gasteiger partial charge in [0.1, 0.15) is 0 Å². The van der Waals surface area contributed by atoms with E-state index in [0.717, 1.165) is 11.3 Å². The molecule has 4 N–H and O–H groups in total. The molecule has 1 fully saturated rings. The van der Waals surface area contributed by atoms with Gasteiger partial charge in [0.15, 0.2) is 0 Å². The fourth-order valence-corrected chi connectivity index (χ4v) is 5.16. The number of hydrogen-bond acceptors (Lipinski definition) is 8. The minimum absolute atomic E-state index is 0.116. The second-order valence-electron chi connectivity index (χ2n) is 8.12. The number of hydrogen-bond donors (Lipinski definition) is 4. The molecule has 1 amide bonds. The number of morpholine rings is 1. The van der Waals surface area contributed by atoms with Crippen molar-refractivity contribution in [2.75, 3.05) is 56.2 Å². The molecule has 1 aliphatic heterocycles. The Balaban J connectivity index is 0.000000757. The van der Waals surface area contributed by atoms with Crippen molar-refractivity contribution in [3.63, 3.8) is 0 Å². The summed E-state index contributed by atoms with van der Waals surface area (Å²) in [6.07, 6.45) is 0. The van der Waals surface area contributed by atoms with Crippen molar-refractivity contribution >= 4 is 39.2 Å². The smallest absolute Gasteiger partial charge is 0.414 e. The maximum Gasteiger partial charge on any atom is 0.414 e. The molecule has 1 aliphatic rings. The number of carboxylic acids is 2. The lowest BCUT2D eigenvalue weighted by molar-refractivity contribution is -0.159. The monoisotopic (exact) mass is 550 g/mol. The fraction of sp³-hybridized carbons (Fsp3) is 0.400. The molecule has 0 spiro atoms. The van der Waals surface area contributed by atoms with Crippen LogP contribution >= 0.6 is 0 Å². The van der Waals surface area contributed by atoms with Crippen molar-refractivity contribution in [2.24, 2.45) is 0 Å². The summed E-state index contributed by atoms with van der Waals surface area (Å²) in [5.74, 6) is -3.88. The highest BCUT2D eigenvalue weighted by molar-refractivity contribution is 7.89. The third kappa shape index (κ3) is 9.10. The quantitative estimate of drug-likeness (QED) is 0.318. The number of ether oxygens (including phenoxy) is 1. The van der Waals surface area contributed by atoms with Crippen LogP contribution < -0.4 is 15.5 Å². The number of sulfonamides is 1. The zero-order chi connectivity index (χ0) is 28.1. The number of aliphatic carboxylic acids is 2. The Bertz CT molecular complexity index is 1170. The van der Waals surface area contributed by atoms with E-state index >= 15 is 0 Å². The maximum atomic E-state index is 13.0. The van der Waals surface area contributed by atoms with Crippen LogP contribution in [0.5, 0.6) is 0 Å². The van der Waals surface area contributed by atoms with Crippen LogP contribution in [0, 0.1) is 0 Å². The van der Waals surface area contributed by atoms with Crippen molar-refractivity contribution in [1.82, 2.24) is 9.62 Å². The average molecular weight is 551 g/mol. The number of carbonyl (C=O) groups excluding carboxylic acids is 1. The van der Waals surface area contributed by atoms with E-state index in [2.05, 4.69) is 15.5 Å². The molecule has 1 heterocycles. The molecule has 0 saturated carbocycles. The van der Waals surface area contributed by atoms with Crippen LogP contribution in [-0.4, -0.2) is 86.7 Å². The Labute approximate surface area is 222 Å². The number of benzene rings is 2. The van der Waals surface area contributed by atoms with Gasteiger partial charge in [0.05, 0.1) is 36.0 Å². The molecule has 13 heteroatoms. The molecule has 0 aromatic heterocycles. The van der Waals surface area contributed by atoms with E-state index in [1.165, 1.54) is 4.31 Å². The van der Waals surface area contributed by atoms with Crippen LogP contribution in [0.4, 0.5) is 11.4 Å². The van der Waals surface area contributed by atoms with E-state index in [1.54, 1.807) is 18.2 Å². The largest absolute Gasteiger partial charge is 0.473 e. The van der Waals surface area contributed by atoms with Crippen LogP contribution in [0.1, 0.15) is 19.4 Å². The lowest BCUT2D eigenvalue weighted by Gasteiger charge is -2.31. The Morgan fingerprint density at radius 1 is 0.974 bits per heavy atom. The van der Waals surface area contributed by atoms with Crippen molar-refractivity contribution in [1.29, 1.82) is 0 Å². The third-order valence-electron chi connectivity index (χ3n) is 5.58. The van der Waals surface area contributed by atoms with Gasteiger partial charge in [-0.2, -0.15) is 4.31 Å². The van der Waals surface area contributed by atoms with Crippen LogP contribution in [-0.2, 0) is 35.7 Å². The van der Waals surface area contributed by atoms with Crippen LogP contribution in [0.3, 0.4) is 0 Å². The molecule has 0 atom stereocenters. The number of rotatable bonds is 10. The normalized spacial score (nSPS) is 13.4. The fourth-order valence-electron chi connectivity index (χ4n) is 3.68. The summed E-state index contributed by atoms with van der Waals surface area (Å²) in [4.78, 5) is 33.1. The van der Waals surface area contributed by atoms with Gasteiger partial charge in [-0.15, -0.1) is 0 Å². The Morgan fingerprint density at radius 3 is 2.13 bits per heavy atom. The minimum atomic E-state index is -3.64. The van der Waals surface area contributed by atoms with Gasteiger partial charge in [-0.05, 0) is 23.8 Å². The van der Waals surface area contributed by atoms with Crippen molar-refractivity contribution in [3.05, 3.63) is 54.1 Å². The molecule has 1 saturated heterocycles. The highest BCUT2D eigenvalue weighted by Gasteiger charge is 2.24.